The molecule has 1 aromatic carbocycles. The summed E-state index contributed by atoms with van der Waals surface area (Å²) in [6, 6.07) is 9.72. The molecular formula is C18H26N2O3. The Morgan fingerprint density at radius 2 is 1.91 bits per heavy atom. The number of hydrogen-bond donors (Lipinski definition) is 1. The molecule has 1 aliphatic heterocycles. The van der Waals surface area contributed by atoms with E-state index in [9.17, 15) is 9.59 Å². The first kappa shape index (κ1) is 17.3. The fourth-order valence-electron chi connectivity index (χ4n) is 2.89. The predicted molar refractivity (Wildman–Crippen MR) is 88.8 cm³/mol. The zero-order valence-electron chi connectivity index (χ0n) is 13.8. The van der Waals surface area contributed by atoms with Crippen LogP contribution in [-0.4, -0.2) is 37.0 Å². The molecule has 1 N–H and O–H groups in total. The Morgan fingerprint density at radius 1 is 1.22 bits per heavy atom. The molecule has 1 aliphatic rings. The van der Waals surface area contributed by atoms with Crippen molar-refractivity contribution in [3.8, 4) is 0 Å². The van der Waals surface area contributed by atoms with E-state index < -0.39 is 0 Å². The van der Waals surface area contributed by atoms with E-state index in [1.807, 2.05) is 30.3 Å². The summed E-state index contributed by atoms with van der Waals surface area (Å²) in [4.78, 5) is 25.1. The van der Waals surface area contributed by atoms with E-state index in [-0.39, 0.29) is 12.0 Å². The largest absolute Gasteiger partial charge is 0.445 e. The maximum absolute atomic E-state index is 12.1. The Labute approximate surface area is 138 Å². The van der Waals surface area contributed by atoms with Crippen LogP contribution < -0.4 is 5.32 Å². The average molecular weight is 318 g/mol. The molecule has 0 atom stereocenters. The quantitative estimate of drug-likeness (QED) is 0.877. The van der Waals surface area contributed by atoms with Gasteiger partial charge in [0.1, 0.15) is 6.61 Å². The van der Waals surface area contributed by atoms with Crippen LogP contribution in [0.2, 0.25) is 0 Å². The predicted octanol–water partition coefficient (Wildman–Crippen LogP) is 2.95. The third kappa shape index (κ3) is 5.93. The van der Waals surface area contributed by atoms with Gasteiger partial charge in [-0.15, -0.1) is 0 Å². The number of nitrogens with zero attached hydrogens (tertiary/aromatic N) is 1. The molecule has 5 heteroatoms. The Morgan fingerprint density at radius 3 is 2.57 bits per heavy atom. The summed E-state index contributed by atoms with van der Waals surface area (Å²) in [7, 11) is 1.67. The number of rotatable bonds is 6. The van der Waals surface area contributed by atoms with Gasteiger partial charge in [-0.2, -0.15) is 0 Å². The van der Waals surface area contributed by atoms with Crippen LogP contribution in [0.15, 0.2) is 30.3 Å². The van der Waals surface area contributed by atoms with Crippen LogP contribution in [0.5, 0.6) is 0 Å². The Bertz CT molecular complexity index is 496. The zero-order valence-corrected chi connectivity index (χ0v) is 13.8. The number of ether oxygens (including phenoxy) is 1. The smallest absolute Gasteiger partial charge is 0.410 e. The highest BCUT2D eigenvalue weighted by atomic mass is 16.6. The van der Waals surface area contributed by atoms with Gasteiger partial charge < -0.3 is 15.0 Å². The van der Waals surface area contributed by atoms with Gasteiger partial charge in [-0.05, 0) is 37.2 Å². The van der Waals surface area contributed by atoms with Crippen molar-refractivity contribution < 1.29 is 14.3 Å². The number of carbonyl (C=O) groups is 2. The lowest BCUT2D eigenvalue weighted by Crippen LogP contribution is -2.38. The maximum atomic E-state index is 12.1. The van der Waals surface area contributed by atoms with Gasteiger partial charge in [-0.3, -0.25) is 4.79 Å². The van der Waals surface area contributed by atoms with Gasteiger partial charge in [-0.25, -0.2) is 4.79 Å². The van der Waals surface area contributed by atoms with E-state index in [0.29, 0.717) is 18.9 Å². The Kier molecular flexibility index (Phi) is 6.91. The number of nitrogens with one attached hydrogen (secondary N) is 1. The second kappa shape index (κ2) is 9.18. The molecule has 0 bridgehead atoms. The summed E-state index contributed by atoms with van der Waals surface area (Å²) < 4.78 is 5.36. The van der Waals surface area contributed by atoms with E-state index in [1.165, 1.54) is 0 Å². The lowest BCUT2D eigenvalue weighted by Gasteiger charge is -2.31. The van der Waals surface area contributed by atoms with Gasteiger partial charge in [-0.1, -0.05) is 30.3 Å². The van der Waals surface area contributed by atoms with E-state index in [2.05, 4.69) is 5.32 Å². The summed E-state index contributed by atoms with van der Waals surface area (Å²) in [5.41, 5.74) is 1.00. The first-order valence-electron chi connectivity index (χ1n) is 8.35. The molecule has 1 heterocycles. The average Bonchev–Trinajstić information content (AvgIpc) is 2.61. The van der Waals surface area contributed by atoms with Crippen molar-refractivity contribution in [2.24, 2.45) is 5.92 Å². The number of benzene rings is 1. The lowest BCUT2D eigenvalue weighted by atomic mass is 9.92. The van der Waals surface area contributed by atoms with Crippen molar-refractivity contribution in [3.05, 3.63) is 35.9 Å². The third-order valence-electron chi connectivity index (χ3n) is 4.37. The summed E-state index contributed by atoms with van der Waals surface area (Å²) in [5, 5.41) is 2.64. The van der Waals surface area contributed by atoms with Crippen molar-refractivity contribution >= 4 is 12.0 Å². The molecule has 23 heavy (non-hydrogen) atoms. The van der Waals surface area contributed by atoms with Crippen LogP contribution in [0.1, 0.15) is 37.7 Å². The van der Waals surface area contributed by atoms with Crippen molar-refractivity contribution in [1.82, 2.24) is 10.2 Å². The minimum absolute atomic E-state index is 0.104. The van der Waals surface area contributed by atoms with Gasteiger partial charge in [0, 0.05) is 26.6 Å². The topological polar surface area (TPSA) is 58.6 Å². The van der Waals surface area contributed by atoms with Crippen LogP contribution in [0.3, 0.4) is 0 Å². The van der Waals surface area contributed by atoms with E-state index in [0.717, 1.165) is 44.3 Å². The normalized spacial score (nSPS) is 15.3. The fourth-order valence-corrected chi connectivity index (χ4v) is 2.89. The standard InChI is InChI=1S/C18H26N2O3/c1-19-17(21)9-5-8-15-10-12-20(13-11-15)18(22)23-14-16-6-3-2-4-7-16/h2-4,6-7,15H,5,8-14H2,1H3,(H,19,21). The van der Waals surface area contributed by atoms with E-state index in [4.69, 9.17) is 4.74 Å². The summed E-state index contributed by atoms with van der Waals surface area (Å²) in [5.74, 6) is 0.713. The molecule has 1 saturated heterocycles. The number of likely N-dealkylation sites (tertiary alicyclic amines) is 1. The van der Waals surface area contributed by atoms with Crippen molar-refractivity contribution in [1.29, 1.82) is 0 Å². The first-order chi connectivity index (χ1) is 11.2. The van der Waals surface area contributed by atoms with Crippen LogP contribution in [0.4, 0.5) is 4.79 Å². The highest BCUT2D eigenvalue weighted by molar-refractivity contribution is 5.75. The molecule has 0 spiro atoms. The summed E-state index contributed by atoms with van der Waals surface area (Å²) in [6.45, 7) is 1.82. The lowest BCUT2D eigenvalue weighted by molar-refractivity contribution is -0.120. The second-order valence-corrected chi connectivity index (χ2v) is 6.04. The number of hydrogen-bond acceptors (Lipinski definition) is 3. The number of amides is 2. The van der Waals surface area contributed by atoms with E-state index >= 15 is 0 Å². The highest BCUT2D eigenvalue weighted by Crippen LogP contribution is 2.23. The fraction of sp³-hybridized carbons (Fsp3) is 0.556. The molecule has 5 nitrogen and oxygen atoms in total. The molecule has 126 valence electrons. The molecule has 1 aromatic rings. The van der Waals surface area contributed by atoms with Crippen LogP contribution >= 0.6 is 0 Å². The van der Waals surface area contributed by atoms with Crippen LogP contribution in [0, 0.1) is 5.92 Å². The molecule has 2 amide bonds. The van der Waals surface area contributed by atoms with Gasteiger partial charge in [0.2, 0.25) is 5.91 Å². The van der Waals surface area contributed by atoms with Crippen molar-refractivity contribution in [2.45, 2.75) is 38.7 Å². The van der Waals surface area contributed by atoms with Crippen molar-refractivity contribution in [3.63, 3.8) is 0 Å². The number of piperidine rings is 1. The zero-order chi connectivity index (χ0) is 16.5. The van der Waals surface area contributed by atoms with Gasteiger partial charge >= 0.3 is 6.09 Å². The van der Waals surface area contributed by atoms with Gasteiger partial charge in [0.25, 0.3) is 0 Å². The molecule has 0 aromatic heterocycles. The Balaban J connectivity index is 1.63. The molecule has 0 saturated carbocycles. The van der Waals surface area contributed by atoms with Crippen molar-refractivity contribution in [2.75, 3.05) is 20.1 Å². The van der Waals surface area contributed by atoms with Gasteiger partial charge in [0.05, 0.1) is 0 Å². The van der Waals surface area contributed by atoms with E-state index in [1.54, 1.807) is 11.9 Å². The number of carbonyl (C=O) groups excluding carboxylic acids is 2. The third-order valence-corrected chi connectivity index (χ3v) is 4.37. The molecule has 0 radical (unpaired) electrons. The van der Waals surface area contributed by atoms with Crippen LogP contribution in [-0.2, 0) is 16.1 Å². The minimum Gasteiger partial charge on any atom is -0.445 e. The molecule has 2 rings (SSSR count). The minimum atomic E-state index is -0.224. The molecule has 0 aliphatic carbocycles. The molecule has 0 unspecified atom stereocenters. The SMILES string of the molecule is CNC(=O)CCCC1CCN(C(=O)OCc2ccccc2)CC1. The van der Waals surface area contributed by atoms with Gasteiger partial charge in [0.15, 0.2) is 0 Å². The van der Waals surface area contributed by atoms with Crippen LogP contribution in [0.25, 0.3) is 0 Å². The monoisotopic (exact) mass is 318 g/mol. The second-order valence-electron chi connectivity index (χ2n) is 6.04. The summed E-state index contributed by atoms with van der Waals surface area (Å²) >= 11 is 0. The highest BCUT2D eigenvalue weighted by Gasteiger charge is 2.23. The maximum Gasteiger partial charge on any atom is 0.410 e. The molecule has 1 fully saturated rings. The summed E-state index contributed by atoms with van der Waals surface area (Å²) in [6.07, 6.45) is 4.33. The first-order valence-corrected chi connectivity index (χ1v) is 8.35. The molecular weight excluding hydrogens is 292 g/mol. The Hall–Kier alpha value is -2.04.